The molecule has 4 aromatic rings. The van der Waals surface area contributed by atoms with E-state index in [4.69, 9.17) is 19.3 Å². The van der Waals surface area contributed by atoms with Crippen molar-refractivity contribution < 1.29 is 22.6 Å². The first-order chi connectivity index (χ1) is 15.8. The van der Waals surface area contributed by atoms with Crippen molar-refractivity contribution in [2.24, 2.45) is 5.14 Å². The van der Waals surface area contributed by atoms with Crippen molar-refractivity contribution in [3.05, 3.63) is 48.2 Å². The molecule has 2 aromatic carbocycles. The molecule has 2 heterocycles. The first-order valence-corrected chi connectivity index (χ1v) is 12.2. The van der Waals surface area contributed by atoms with E-state index in [-0.39, 0.29) is 4.90 Å². The van der Waals surface area contributed by atoms with E-state index in [9.17, 15) is 8.42 Å². The lowest BCUT2D eigenvalue weighted by molar-refractivity contribution is 0.324. The van der Waals surface area contributed by atoms with Crippen LogP contribution in [0.3, 0.4) is 0 Å². The minimum Gasteiger partial charge on any atom is -0.493 e. The third-order valence-corrected chi connectivity index (χ3v) is 6.80. The van der Waals surface area contributed by atoms with Crippen molar-refractivity contribution in [2.75, 3.05) is 33.2 Å². The predicted octanol–water partition coefficient (Wildman–Crippen LogP) is 2.79. The molecule has 0 unspecified atom stereocenters. The Morgan fingerprint density at radius 3 is 2.30 bits per heavy atom. The number of nitrogens with two attached hydrogens (primary N) is 1. The van der Waals surface area contributed by atoms with Crippen LogP contribution in [0.25, 0.3) is 16.2 Å². The number of anilines is 1. The van der Waals surface area contributed by atoms with Gasteiger partial charge < -0.3 is 19.5 Å². The Labute approximate surface area is 195 Å². The SMILES string of the molecule is COc1cc(-c2cnc3sc(NCCc4ccc(S(N)(=O)=O)cc4)nn23)cc(OC)c1OC. The fourth-order valence-corrected chi connectivity index (χ4v) is 4.67. The van der Waals surface area contributed by atoms with Gasteiger partial charge in [0.1, 0.15) is 0 Å². The van der Waals surface area contributed by atoms with E-state index in [0.29, 0.717) is 35.3 Å². The van der Waals surface area contributed by atoms with Gasteiger partial charge in [-0.1, -0.05) is 23.5 Å². The number of benzene rings is 2. The van der Waals surface area contributed by atoms with Crippen LogP contribution >= 0.6 is 11.3 Å². The van der Waals surface area contributed by atoms with E-state index in [0.717, 1.165) is 21.8 Å². The van der Waals surface area contributed by atoms with Gasteiger partial charge in [0.05, 0.1) is 38.1 Å². The number of aromatic nitrogens is 3. The highest BCUT2D eigenvalue weighted by Gasteiger charge is 2.18. The van der Waals surface area contributed by atoms with Crippen molar-refractivity contribution >= 4 is 31.5 Å². The third-order valence-electron chi connectivity index (χ3n) is 4.99. The van der Waals surface area contributed by atoms with Gasteiger partial charge in [0.2, 0.25) is 25.9 Å². The number of methoxy groups -OCH3 is 3. The minimum absolute atomic E-state index is 0.0969. The van der Waals surface area contributed by atoms with Gasteiger partial charge in [0, 0.05) is 12.1 Å². The number of primary sulfonamides is 1. The molecule has 0 saturated heterocycles. The molecule has 0 aliphatic rings. The van der Waals surface area contributed by atoms with Crippen LogP contribution in [0.4, 0.5) is 5.13 Å². The Morgan fingerprint density at radius 2 is 1.73 bits per heavy atom. The molecule has 3 N–H and O–H groups in total. The zero-order valence-electron chi connectivity index (χ0n) is 18.2. The van der Waals surface area contributed by atoms with Crippen LogP contribution < -0.4 is 24.7 Å². The smallest absolute Gasteiger partial charge is 0.238 e. The monoisotopic (exact) mass is 489 g/mol. The first kappa shape index (κ1) is 22.8. The van der Waals surface area contributed by atoms with Gasteiger partial charge in [0.15, 0.2) is 11.5 Å². The summed E-state index contributed by atoms with van der Waals surface area (Å²) in [5.74, 6) is 1.61. The maximum absolute atomic E-state index is 11.4. The highest BCUT2D eigenvalue weighted by molar-refractivity contribution is 7.89. The molecule has 0 amide bonds. The zero-order valence-corrected chi connectivity index (χ0v) is 19.9. The highest BCUT2D eigenvalue weighted by atomic mass is 32.2. The number of ether oxygens (including phenoxy) is 3. The lowest BCUT2D eigenvalue weighted by Gasteiger charge is -2.13. The highest BCUT2D eigenvalue weighted by Crippen LogP contribution is 2.41. The molecule has 0 saturated carbocycles. The second-order valence-electron chi connectivity index (χ2n) is 7.02. The molecule has 0 radical (unpaired) electrons. The van der Waals surface area contributed by atoms with Crippen LogP contribution in [0.1, 0.15) is 5.56 Å². The number of nitrogens with one attached hydrogen (secondary N) is 1. The summed E-state index contributed by atoms with van der Waals surface area (Å²) in [6.07, 6.45) is 2.43. The fraction of sp³-hybridized carbons (Fsp3) is 0.238. The second kappa shape index (κ2) is 9.25. The average molecular weight is 490 g/mol. The van der Waals surface area contributed by atoms with Crippen LogP contribution in [0.2, 0.25) is 0 Å². The summed E-state index contributed by atoms with van der Waals surface area (Å²) in [5, 5.41) is 13.8. The number of imidazole rings is 1. The van der Waals surface area contributed by atoms with Crippen LogP contribution in [-0.2, 0) is 16.4 Å². The Balaban J connectivity index is 1.51. The Kier molecular flexibility index (Phi) is 6.40. The number of rotatable bonds is 9. The van der Waals surface area contributed by atoms with Crippen molar-refractivity contribution in [1.82, 2.24) is 14.6 Å². The summed E-state index contributed by atoms with van der Waals surface area (Å²) < 4.78 is 40.8. The van der Waals surface area contributed by atoms with E-state index in [1.54, 1.807) is 44.2 Å². The maximum Gasteiger partial charge on any atom is 0.238 e. The van der Waals surface area contributed by atoms with E-state index in [1.807, 2.05) is 12.1 Å². The lowest BCUT2D eigenvalue weighted by atomic mass is 10.1. The summed E-state index contributed by atoms with van der Waals surface area (Å²) in [5.41, 5.74) is 2.59. The van der Waals surface area contributed by atoms with Crippen LogP contribution in [-0.4, -0.2) is 50.9 Å². The van der Waals surface area contributed by atoms with Crippen molar-refractivity contribution in [3.8, 4) is 28.5 Å². The van der Waals surface area contributed by atoms with Gasteiger partial charge in [0.25, 0.3) is 0 Å². The van der Waals surface area contributed by atoms with Crippen molar-refractivity contribution in [2.45, 2.75) is 11.3 Å². The standard InChI is InChI=1S/C21H23N5O5S2/c1-29-17-10-14(11-18(30-2)19(17)31-3)16-12-24-21-26(16)25-20(32-21)23-9-8-13-4-6-15(7-5-13)33(22,27)28/h4-7,10-12H,8-9H2,1-3H3,(H,23,25)(H2,22,27,28). The Morgan fingerprint density at radius 1 is 1.06 bits per heavy atom. The summed E-state index contributed by atoms with van der Waals surface area (Å²) in [6.45, 7) is 0.616. The molecule has 12 heteroatoms. The minimum atomic E-state index is -3.69. The number of hydrogen-bond donors (Lipinski definition) is 2. The van der Waals surface area contributed by atoms with Crippen molar-refractivity contribution in [3.63, 3.8) is 0 Å². The van der Waals surface area contributed by atoms with Gasteiger partial charge >= 0.3 is 0 Å². The number of nitrogens with zero attached hydrogens (tertiary/aromatic N) is 3. The predicted molar refractivity (Wildman–Crippen MR) is 126 cm³/mol. The summed E-state index contributed by atoms with van der Waals surface area (Å²) in [4.78, 5) is 5.30. The normalized spacial score (nSPS) is 11.5. The molecule has 33 heavy (non-hydrogen) atoms. The molecule has 0 aliphatic heterocycles. The Hall–Kier alpha value is -3.35. The first-order valence-electron chi connectivity index (χ1n) is 9.84. The van der Waals surface area contributed by atoms with E-state index < -0.39 is 10.0 Å². The number of fused-ring (bicyclic) bond motifs is 1. The van der Waals surface area contributed by atoms with Gasteiger partial charge in [-0.2, -0.15) is 0 Å². The third kappa shape index (κ3) is 4.72. The van der Waals surface area contributed by atoms with Crippen molar-refractivity contribution in [1.29, 1.82) is 0 Å². The molecule has 0 atom stereocenters. The number of hydrogen-bond acceptors (Lipinski definition) is 9. The molecule has 0 spiro atoms. The van der Waals surface area contributed by atoms with Crippen LogP contribution in [0.5, 0.6) is 17.2 Å². The molecule has 2 aromatic heterocycles. The molecule has 4 rings (SSSR count). The second-order valence-corrected chi connectivity index (χ2v) is 9.54. The Bertz CT molecular complexity index is 1360. The quantitative estimate of drug-likeness (QED) is 0.367. The van der Waals surface area contributed by atoms with Crippen LogP contribution in [0.15, 0.2) is 47.5 Å². The zero-order chi connectivity index (χ0) is 23.6. The van der Waals surface area contributed by atoms with E-state index in [1.165, 1.54) is 23.5 Å². The van der Waals surface area contributed by atoms with Gasteiger partial charge in [-0.25, -0.2) is 23.1 Å². The number of sulfonamides is 1. The maximum atomic E-state index is 11.4. The van der Waals surface area contributed by atoms with E-state index in [2.05, 4.69) is 15.4 Å². The van der Waals surface area contributed by atoms with Gasteiger partial charge in [-0.05, 0) is 36.2 Å². The molecule has 174 valence electrons. The van der Waals surface area contributed by atoms with Gasteiger partial charge in [-0.3, -0.25) is 0 Å². The molecule has 0 fully saturated rings. The summed E-state index contributed by atoms with van der Waals surface area (Å²) >= 11 is 1.43. The molecular formula is C21H23N5O5S2. The van der Waals surface area contributed by atoms with Crippen LogP contribution in [0, 0.1) is 0 Å². The molecular weight excluding hydrogens is 466 g/mol. The van der Waals surface area contributed by atoms with E-state index >= 15 is 0 Å². The molecule has 0 bridgehead atoms. The molecule has 0 aliphatic carbocycles. The summed E-state index contributed by atoms with van der Waals surface area (Å²) in [7, 11) is 1.01. The molecule has 10 nitrogen and oxygen atoms in total. The lowest BCUT2D eigenvalue weighted by Crippen LogP contribution is -2.12. The largest absolute Gasteiger partial charge is 0.493 e. The fourth-order valence-electron chi connectivity index (χ4n) is 3.35. The van der Waals surface area contributed by atoms with Gasteiger partial charge in [-0.15, -0.1) is 5.10 Å². The average Bonchev–Trinajstić information content (AvgIpc) is 3.38. The topological polar surface area (TPSA) is 130 Å². The summed E-state index contributed by atoms with van der Waals surface area (Å²) in [6, 6.07) is 10.2.